The molecule has 1 atom stereocenters. The minimum Gasteiger partial charge on any atom is -0.310 e. The van der Waals surface area contributed by atoms with E-state index in [-0.39, 0.29) is 11.9 Å². The molecule has 0 amide bonds. The first-order valence-corrected chi connectivity index (χ1v) is 8.19. The molecule has 19 heavy (non-hydrogen) atoms. The van der Waals surface area contributed by atoms with E-state index in [0.717, 1.165) is 30.9 Å². The monoisotopic (exact) mass is 327 g/mol. The van der Waals surface area contributed by atoms with Gasteiger partial charge in [0.1, 0.15) is 5.82 Å². The molecule has 0 radical (unpaired) electrons. The van der Waals surface area contributed by atoms with Gasteiger partial charge >= 0.3 is 0 Å². The molecule has 0 aliphatic heterocycles. The van der Waals surface area contributed by atoms with Crippen LogP contribution in [0.15, 0.2) is 22.7 Å². The normalized spacial score (nSPS) is 17.8. The average Bonchev–Trinajstić information content (AvgIpc) is 2.91. The van der Waals surface area contributed by atoms with Crippen molar-refractivity contribution in [2.75, 3.05) is 6.54 Å². The van der Waals surface area contributed by atoms with Crippen molar-refractivity contribution in [2.45, 2.75) is 51.5 Å². The zero-order chi connectivity index (χ0) is 13.7. The fraction of sp³-hybridized carbons (Fsp3) is 0.625. The molecule has 0 saturated heterocycles. The van der Waals surface area contributed by atoms with Gasteiger partial charge in [-0.15, -0.1) is 0 Å². The van der Waals surface area contributed by atoms with E-state index in [1.54, 1.807) is 0 Å². The first-order chi connectivity index (χ1) is 9.22. The van der Waals surface area contributed by atoms with Crippen LogP contribution in [0.2, 0.25) is 0 Å². The molecule has 1 nitrogen and oxygen atoms in total. The Bertz CT molecular complexity index is 402. The minimum absolute atomic E-state index is 0.160. The van der Waals surface area contributed by atoms with Crippen LogP contribution in [0.3, 0.4) is 0 Å². The van der Waals surface area contributed by atoms with Crippen LogP contribution < -0.4 is 5.32 Å². The smallest absolute Gasteiger partial charge is 0.137 e. The third-order valence-electron chi connectivity index (χ3n) is 4.04. The molecule has 1 saturated carbocycles. The van der Waals surface area contributed by atoms with Crippen LogP contribution >= 0.6 is 15.9 Å². The summed E-state index contributed by atoms with van der Waals surface area (Å²) in [6, 6.07) is 5.63. The van der Waals surface area contributed by atoms with Gasteiger partial charge in [-0.1, -0.05) is 44.7 Å². The molecule has 2 rings (SSSR count). The maximum absolute atomic E-state index is 13.7. The van der Waals surface area contributed by atoms with Gasteiger partial charge in [0.05, 0.1) is 4.47 Å². The Balaban J connectivity index is 2.13. The molecule has 1 aromatic carbocycles. The maximum atomic E-state index is 13.7. The Labute approximate surface area is 124 Å². The Hall–Kier alpha value is -0.410. The van der Waals surface area contributed by atoms with Crippen molar-refractivity contribution < 1.29 is 4.39 Å². The van der Waals surface area contributed by atoms with Gasteiger partial charge in [0.15, 0.2) is 0 Å². The predicted octanol–water partition coefficient (Wildman–Crippen LogP) is 5.21. The van der Waals surface area contributed by atoms with Crippen LogP contribution in [-0.2, 0) is 0 Å². The average molecular weight is 328 g/mol. The van der Waals surface area contributed by atoms with Crippen LogP contribution in [0.4, 0.5) is 4.39 Å². The van der Waals surface area contributed by atoms with Gasteiger partial charge in [-0.05, 0) is 52.9 Å². The molecule has 1 aliphatic rings. The second kappa shape index (κ2) is 7.39. The summed E-state index contributed by atoms with van der Waals surface area (Å²) < 4.78 is 14.3. The zero-order valence-corrected chi connectivity index (χ0v) is 13.2. The van der Waals surface area contributed by atoms with Crippen molar-refractivity contribution in [1.29, 1.82) is 0 Å². The highest BCUT2D eigenvalue weighted by atomic mass is 79.9. The molecule has 1 fully saturated rings. The number of benzene rings is 1. The van der Waals surface area contributed by atoms with Crippen molar-refractivity contribution in [1.82, 2.24) is 5.32 Å². The van der Waals surface area contributed by atoms with E-state index in [2.05, 4.69) is 28.2 Å². The molecule has 1 N–H and O–H groups in total. The fourth-order valence-electron chi connectivity index (χ4n) is 3.01. The largest absolute Gasteiger partial charge is 0.310 e. The van der Waals surface area contributed by atoms with Crippen molar-refractivity contribution >= 4 is 15.9 Å². The molecule has 0 heterocycles. The lowest BCUT2D eigenvalue weighted by Gasteiger charge is -2.23. The van der Waals surface area contributed by atoms with Crippen LogP contribution in [0.25, 0.3) is 0 Å². The minimum atomic E-state index is -0.160. The number of hydrogen-bond donors (Lipinski definition) is 1. The first kappa shape index (κ1) is 15.0. The van der Waals surface area contributed by atoms with Gasteiger partial charge in [-0.3, -0.25) is 0 Å². The van der Waals surface area contributed by atoms with E-state index in [4.69, 9.17) is 0 Å². The molecule has 3 heteroatoms. The topological polar surface area (TPSA) is 12.0 Å². The highest BCUT2D eigenvalue weighted by Gasteiger charge is 2.23. The van der Waals surface area contributed by atoms with Gasteiger partial charge in [0.25, 0.3) is 0 Å². The fourth-order valence-corrected chi connectivity index (χ4v) is 3.55. The van der Waals surface area contributed by atoms with E-state index in [9.17, 15) is 4.39 Å². The van der Waals surface area contributed by atoms with E-state index >= 15 is 0 Å². The van der Waals surface area contributed by atoms with Gasteiger partial charge in [-0.25, -0.2) is 4.39 Å². The third kappa shape index (κ3) is 4.03. The molecular weight excluding hydrogens is 305 g/mol. The summed E-state index contributed by atoms with van der Waals surface area (Å²) in [6.07, 6.45) is 7.61. The summed E-state index contributed by atoms with van der Waals surface area (Å²) in [6.45, 7) is 3.15. The number of nitrogens with one attached hydrogen (secondary N) is 1. The molecule has 1 aliphatic carbocycles. The van der Waals surface area contributed by atoms with E-state index < -0.39 is 0 Å². The van der Waals surface area contributed by atoms with Gasteiger partial charge in [0, 0.05) is 6.04 Å². The summed E-state index contributed by atoms with van der Waals surface area (Å²) in [5.74, 6) is 0.636. The molecular formula is C16H23BrFN. The van der Waals surface area contributed by atoms with Crippen LogP contribution in [0, 0.1) is 11.7 Å². The van der Waals surface area contributed by atoms with Crippen LogP contribution in [0.5, 0.6) is 0 Å². The lowest BCUT2D eigenvalue weighted by atomic mass is 9.93. The standard InChI is InChI=1S/C16H23BrFN/c1-2-10-19-15(11-12-6-3-4-7-12)13-8-5-9-14(18)16(13)17/h5,8-9,12,15,19H,2-4,6-7,10-11H2,1H3. The number of halogens is 2. The highest BCUT2D eigenvalue weighted by Crippen LogP contribution is 2.35. The molecule has 0 bridgehead atoms. The number of hydrogen-bond acceptors (Lipinski definition) is 1. The first-order valence-electron chi connectivity index (χ1n) is 7.39. The van der Waals surface area contributed by atoms with E-state index in [0.29, 0.717) is 4.47 Å². The summed E-state index contributed by atoms with van der Waals surface area (Å²) in [5.41, 5.74) is 1.07. The van der Waals surface area contributed by atoms with E-state index in [1.807, 2.05) is 12.1 Å². The summed E-state index contributed by atoms with van der Waals surface area (Å²) >= 11 is 3.41. The van der Waals surface area contributed by atoms with Crippen molar-refractivity contribution in [3.8, 4) is 0 Å². The van der Waals surface area contributed by atoms with Gasteiger partial charge in [-0.2, -0.15) is 0 Å². The third-order valence-corrected chi connectivity index (χ3v) is 4.88. The molecule has 0 spiro atoms. The Kier molecular flexibility index (Phi) is 5.83. The lowest BCUT2D eigenvalue weighted by Crippen LogP contribution is -2.24. The van der Waals surface area contributed by atoms with Gasteiger partial charge < -0.3 is 5.32 Å². The molecule has 0 aromatic heterocycles. The second-order valence-corrected chi connectivity index (χ2v) is 6.33. The Morgan fingerprint density at radius 2 is 2.11 bits per heavy atom. The summed E-state index contributed by atoms with van der Waals surface area (Å²) in [5, 5.41) is 3.58. The zero-order valence-electron chi connectivity index (χ0n) is 11.6. The van der Waals surface area contributed by atoms with E-state index in [1.165, 1.54) is 31.7 Å². The van der Waals surface area contributed by atoms with Crippen molar-refractivity contribution in [3.63, 3.8) is 0 Å². The van der Waals surface area contributed by atoms with Crippen molar-refractivity contribution in [3.05, 3.63) is 34.1 Å². The molecule has 1 unspecified atom stereocenters. The SMILES string of the molecule is CCCNC(CC1CCCC1)c1cccc(F)c1Br. The lowest BCUT2D eigenvalue weighted by molar-refractivity contribution is 0.393. The van der Waals surface area contributed by atoms with Crippen LogP contribution in [-0.4, -0.2) is 6.54 Å². The van der Waals surface area contributed by atoms with Crippen molar-refractivity contribution in [2.24, 2.45) is 5.92 Å². The molecule has 106 valence electrons. The number of rotatable bonds is 6. The Morgan fingerprint density at radius 3 is 2.79 bits per heavy atom. The summed E-state index contributed by atoms with van der Waals surface area (Å²) in [4.78, 5) is 0. The van der Waals surface area contributed by atoms with Gasteiger partial charge in [0.2, 0.25) is 0 Å². The quantitative estimate of drug-likeness (QED) is 0.756. The Morgan fingerprint density at radius 1 is 1.37 bits per heavy atom. The highest BCUT2D eigenvalue weighted by molar-refractivity contribution is 9.10. The predicted molar refractivity (Wildman–Crippen MR) is 81.7 cm³/mol. The maximum Gasteiger partial charge on any atom is 0.137 e. The molecule has 1 aromatic rings. The summed E-state index contributed by atoms with van der Waals surface area (Å²) in [7, 11) is 0. The van der Waals surface area contributed by atoms with Crippen LogP contribution in [0.1, 0.15) is 57.1 Å². The second-order valence-electron chi connectivity index (χ2n) is 5.54.